The molecule has 1 fully saturated rings. The number of aliphatic hydroxyl groups is 2. The van der Waals surface area contributed by atoms with Gasteiger partial charge in [-0.1, -0.05) is 11.6 Å². The lowest BCUT2D eigenvalue weighted by atomic mass is 10.2. The van der Waals surface area contributed by atoms with Crippen LogP contribution >= 0.6 is 11.6 Å². The largest absolute Gasteiger partial charge is 0.390 e. The van der Waals surface area contributed by atoms with Gasteiger partial charge < -0.3 is 14.8 Å². The molecule has 2 N–H and O–H groups in total. The van der Waals surface area contributed by atoms with E-state index in [9.17, 15) is 18.6 Å². The van der Waals surface area contributed by atoms with Crippen molar-refractivity contribution in [1.82, 2.24) is 24.3 Å². The topological polar surface area (TPSA) is 123 Å². The minimum absolute atomic E-state index is 0.0117. The van der Waals surface area contributed by atoms with Gasteiger partial charge in [-0.2, -0.15) is 5.10 Å². The van der Waals surface area contributed by atoms with E-state index >= 15 is 0 Å². The van der Waals surface area contributed by atoms with Crippen molar-refractivity contribution >= 4 is 43.4 Å². The first-order valence-electron chi connectivity index (χ1n) is 9.75. The van der Waals surface area contributed by atoms with Crippen molar-refractivity contribution < 1.29 is 18.6 Å². The second kappa shape index (κ2) is 7.27. The van der Waals surface area contributed by atoms with Crippen molar-refractivity contribution in [1.29, 1.82) is 0 Å². The predicted octanol–water partition coefficient (Wildman–Crippen LogP) is 1.94. The number of halogens is 1. The third-order valence-electron chi connectivity index (χ3n) is 5.72. The molecule has 3 heterocycles. The van der Waals surface area contributed by atoms with Crippen LogP contribution in [-0.2, 0) is 16.4 Å². The average molecular weight is 462 g/mol. The Morgan fingerprint density at radius 1 is 1.16 bits per heavy atom. The van der Waals surface area contributed by atoms with Crippen LogP contribution in [0, 0.1) is 0 Å². The summed E-state index contributed by atoms with van der Waals surface area (Å²) < 4.78 is 28.1. The highest BCUT2D eigenvalue weighted by Crippen LogP contribution is 2.35. The molecule has 11 heteroatoms. The van der Waals surface area contributed by atoms with Crippen LogP contribution in [0.2, 0.25) is 5.02 Å². The maximum atomic E-state index is 12.3. The van der Waals surface area contributed by atoms with Gasteiger partial charge in [-0.15, -0.1) is 0 Å². The first kappa shape index (κ1) is 20.4. The van der Waals surface area contributed by atoms with Gasteiger partial charge in [-0.05, 0) is 37.1 Å². The van der Waals surface area contributed by atoms with Gasteiger partial charge >= 0.3 is 0 Å². The Labute approximate surface area is 182 Å². The lowest BCUT2D eigenvalue weighted by molar-refractivity contribution is 0.0438. The van der Waals surface area contributed by atoms with Crippen molar-refractivity contribution in [3.05, 3.63) is 47.5 Å². The van der Waals surface area contributed by atoms with E-state index in [0.717, 1.165) is 11.8 Å². The summed E-state index contributed by atoms with van der Waals surface area (Å²) >= 11 is 6.16. The van der Waals surface area contributed by atoms with E-state index in [2.05, 4.69) is 10.1 Å². The maximum Gasteiger partial charge on any atom is 0.195 e. The highest BCUT2D eigenvalue weighted by Gasteiger charge is 2.34. The molecule has 2 unspecified atom stereocenters. The fraction of sp³-hybridized carbons (Fsp3) is 0.350. The first-order valence-corrected chi connectivity index (χ1v) is 12.0. The maximum absolute atomic E-state index is 12.3. The fourth-order valence-electron chi connectivity index (χ4n) is 4.34. The Bertz CT molecular complexity index is 1400. The molecule has 0 spiro atoms. The molecule has 162 valence electrons. The van der Waals surface area contributed by atoms with Gasteiger partial charge in [0.05, 0.1) is 41.5 Å². The summed E-state index contributed by atoms with van der Waals surface area (Å²) in [6.07, 6.45) is 3.38. The van der Waals surface area contributed by atoms with Crippen LogP contribution in [0.25, 0.3) is 21.9 Å². The van der Waals surface area contributed by atoms with Crippen LogP contribution in [0.15, 0.2) is 41.7 Å². The van der Waals surface area contributed by atoms with Crippen molar-refractivity contribution in [2.75, 3.05) is 6.26 Å². The third kappa shape index (κ3) is 3.49. The lowest BCUT2D eigenvalue weighted by Gasteiger charge is -2.17. The molecule has 31 heavy (non-hydrogen) atoms. The number of hydrogen-bond donors (Lipinski definition) is 2. The molecule has 1 aliphatic rings. The van der Waals surface area contributed by atoms with E-state index < -0.39 is 22.0 Å². The molecule has 0 radical (unpaired) electrons. The van der Waals surface area contributed by atoms with Gasteiger partial charge in [0.2, 0.25) is 0 Å². The van der Waals surface area contributed by atoms with Gasteiger partial charge in [0.25, 0.3) is 0 Å². The van der Waals surface area contributed by atoms with Crippen molar-refractivity contribution in [3.8, 4) is 0 Å². The number of fused-ring (bicyclic) bond motifs is 2. The Morgan fingerprint density at radius 3 is 2.61 bits per heavy atom. The van der Waals surface area contributed by atoms with Crippen LogP contribution in [0.5, 0.6) is 0 Å². The van der Waals surface area contributed by atoms with Crippen molar-refractivity contribution in [3.63, 3.8) is 0 Å². The highest BCUT2D eigenvalue weighted by atomic mass is 35.5. The molecular formula is C20H20ClN5O4S. The van der Waals surface area contributed by atoms with E-state index in [1.54, 1.807) is 29.1 Å². The smallest absolute Gasteiger partial charge is 0.195 e. The summed E-state index contributed by atoms with van der Waals surface area (Å²) in [5.74, 6) is 0.622. The zero-order valence-corrected chi connectivity index (χ0v) is 18.1. The number of nitrogens with zero attached hydrogens (tertiary/aromatic N) is 5. The third-order valence-corrected chi connectivity index (χ3v) is 6.96. The molecular weight excluding hydrogens is 442 g/mol. The Balaban J connectivity index is 1.67. The molecule has 9 nitrogen and oxygen atoms in total. The number of aromatic nitrogens is 5. The molecule has 2 atom stereocenters. The van der Waals surface area contributed by atoms with Gasteiger partial charge in [-0.3, -0.25) is 9.67 Å². The summed E-state index contributed by atoms with van der Waals surface area (Å²) in [5, 5.41) is 25.6. The van der Waals surface area contributed by atoms with Crippen LogP contribution < -0.4 is 0 Å². The summed E-state index contributed by atoms with van der Waals surface area (Å²) in [5.41, 5.74) is 2.07. The number of hydrogen-bond acceptors (Lipinski definition) is 7. The molecule has 3 aromatic heterocycles. The van der Waals surface area contributed by atoms with Gasteiger partial charge in [0.1, 0.15) is 5.82 Å². The number of benzene rings is 1. The summed E-state index contributed by atoms with van der Waals surface area (Å²) in [6, 6.07) is 6.84. The molecule has 5 rings (SSSR count). The highest BCUT2D eigenvalue weighted by molar-refractivity contribution is 7.90. The normalized spacial score (nSPS) is 22.0. The first-order chi connectivity index (χ1) is 14.7. The fourth-order valence-corrected chi connectivity index (χ4v) is 5.32. The van der Waals surface area contributed by atoms with E-state index in [-0.39, 0.29) is 17.6 Å². The van der Waals surface area contributed by atoms with E-state index in [1.807, 2.05) is 10.6 Å². The number of imidazole rings is 1. The van der Waals surface area contributed by atoms with Crippen molar-refractivity contribution in [2.45, 2.75) is 42.7 Å². The Hall–Kier alpha value is -2.53. The average Bonchev–Trinajstić information content (AvgIpc) is 3.35. The molecule has 0 amide bonds. The SMILES string of the molecule is CS(=O)(=O)c1nn(Cc2nc3cc(Cl)ccc3n2C2CC(O)C(O)C2)c2cnccc12. The summed E-state index contributed by atoms with van der Waals surface area (Å²) in [6.45, 7) is 0.187. The van der Waals surface area contributed by atoms with Crippen molar-refractivity contribution in [2.24, 2.45) is 0 Å². The Kier molecular flexibility index (Phi) is 4.78. The molecule has 1 aromatic carbocycles. The number of aliphatic hydroxyl groups excluding tert-OH is 2. The second-order valence-corrected chi connectivity index (χ2v) is 10.3. The molecule has 0 bridgehead atoms. The molecule has 1 aliphatic carbocycles. The molecule has 4 aromatic rings. The minimum atomic E-state index is -3.54. The standard InChI is InChI=1S/C20H20ClN5O4S/c1-31(29,30)20-13-4-5-22-9-16(13)25(24-20)10-19-23-14-6-11(21)2-3-15(14)26(19)12-7-17(27)18(28)8-12/h2-6,9,12,17-18,27-28H,7-8,10H2,1H3. The number of sulfone groups is 1. The lowest BCUT2D eigenvalue weighted by Crippen LogP contribution is -2.17. The van der Waals surface area contributed by atoms with Gasteiger partial charge in [-0.25, -0.2) is 13.4 Å². The number of pyridine rings is 1. The molecule has 1 saturated carbocycles. The molecule has 0 saturated heterocycles. The van der Waals surface area contributed by atoms with Gasteiger partial charge in [0, 0.05) is 28.9 Å². The number of rotatable bonds is 4. The predicted molar refractivity (Wildman–Crippen MR) is 115 cm³/mol. The molecule has 0 aliphatic heterocycles. The summed E-state index contributed by atoms with van der Waals surface area (Å²) in [7, 11) is -3.54. The monoisotopic (exact) mass is 461 g/mol. The quantitative estimate of drug-likeness (QED) is 0.476. The zero-order valence-electron chi connectivity index (χ0n) is 16.6. The van der Waals surface area contributed by atoms with Crippen LogP contribution in [0.4, 0.5) is 0 Å². The second-order valence-electron chi connectivity index (χ2n) is 7.92. The zero-order chi connectivity index (χ0) is 21.9. The summed E-state index contributed by atoms with van der Waals surface area (Å²) in [4.78, 5) is 8.84. The minimum Gasteiger partial charge on any atom is -0.390 e. The van der Waals surface area contributed by atoms with Crippen LogP contribution in [-0.4, -0.2) is 61.4 Å². The van der Waals surface area contributed by atoms with Gasteiger partial charge in [0.15, 0.2) is 14.9 Å². The van der Waals surface area contributed by atoms with E-state index in [1.165, 1.54) is 6.20 Å². The van der Waals surface area contributed by atoms with E-state index in [4.69, 9.17) is 16.6 Å². The Morgan fingerprint density at radius 2 is 1.90 bits per heavy atom. The van der Waals surface area contributed by atoms with Crippen LogP contribution in [0.3, 0.4) is 0 Å². The van der Waals surface area contributed by atoms with E-state index in [0.29, 0.717) is 40.1 Å². The van der Waals surface area contributed by atoms with Crippen LogP contribution in [0.1, 0.15) is 24.7 Å².